The minimum Gasteiger partial charge on any atom is -0.392 e. The van der Waals surface area contributed by atoms with E-state index < -0.39 is 0 Å². The van der Waals surface area contributed by atoms with Crippen LogP contribution in [0.3, 0.4) is 0 Å². The predicted molar refractivity (Wildman–Crippen MR) is 85.6 cm³/mol. The van der Waals surface area contributed by atoms with Crippen LogP contribution in [0.4, 0.5) is 0 Å². The summed E-state index contributed by atoms with van der Waals surface area (Å²) in [5, 5.41) is 13.0. The van der Waals surface area contributed by atoms with Crippen molar-refractivity contribution in [2.45, 2.75) is 91.1 Å². The lowest BCUT2D eigenvalue weighted by Gasteiger charge is -2.14. The summed E-state index contributed by atoms with van der Waals surface area (Å²) in [5.74, 6) is 0.361. The molecule has 0 amide bonds. The van der Waals surface area contributed by atoms with Crippen LogP contribution in [-0.4, -0.2) is 24.3 Å². The second-order valence-electron chi connectivity index (χ2n) is 6.20. The highest BCUT2D eigenvalue weighted by atomic mass is 16.3. The van der Waals surface area contributed by atoms with E-state index >= 15 is 0 Å². The number of rotatable bonds is 14. The lowest BCUT2D eigenvalue weighted by molar-refractivity contribution is 0.123. The molecule has 2 N–H and O–H groups in total. The number of nitrogens with one attached hydrogen (secondary N) is 1. The van der Waals surface area contributed by atoms with Crippen molar-refractivity contribution in [1.82, 2.24) is 5.32 Å². The Morgan fingerprint density at radius 3 is 1.74 bits per heavy atom. The highest BCUT2D eigenvalue weighted by molar-refractivity contribution is 4.62. The molecule has 0 heterocycles. The fraction of sp³-hybridized carbons (Fsp3) is 1.00. The molecule has 0 rings (SSSR count). The van der Waals surface area contributed by atoms with Crippen molar-refractivity contribution in [2.24, 2.45) is 5.92 Å². The molecular weight excluding hydrogens is 234 g/mol. The maximum Gasteiger partial charge on any atom is 0.0687 e. The molecule has 0 saturated heterocycles. The van der Waals surface area contributed by atoms with Gasteiger partial charge >= 0.3 is 0 Å². The molecule has 0 saturated carbocycles. The molecule has 0 aliphatic heterocycles. The van der Waals surface area contributed by atoms with Crippen LogP contribution in [0.5, 0.6) is 0 Å². The van der Waals surface area contributed by atoms with Crippen LogP contribution >= 0.6 is 0 Å². The molecule has 0 aromatic heterocycles. The van der Waals surface area contributed by atoms with Crippen LogP contribution < -0.4 is 5.32 Å². The lowest BCUT2D eigenvalue weighted by atomic mass is 10.1. The van der Waals surface area contributed by atoms with Gasteiger partial charge in [0.1, 0.15) is 0 Å². The van der Waals surface area contributed by atoms with Gasteiger partial charge in [0.2, 0.25) is 0 Å². The Balaban J connectivity index is 3.03. The van der Waals surface area contributed by atoms with Gasteiger partial charge in [-0.15, -0.1) is 0 Å². The third-order valence-corrected chi connectivity index (χ3v) is 3.83. The summed E-state index contributed by atoms with van der Waals surface area (Å²) < 4.78 is 0. The van der Waals surface area contributed by atoms with Gasteiger partial charge in [0.25, 0.3) is 0 Å². The normalized spacial score (nSPS) is 13.1. The summed E-state index contributed by atoms with van der Waals surface area (Å²) in [6, 6.07) is 0. The maximum atomic E-state index is 9.63. The summed E-state index contributed by atoms with van der Waals surface area (Å²) in [6.07, 6.45) is 13.6. The van der Waals surface area contributed by atoms with Crippen LogP contribution in [0.1, 0.15) is 85.0 Å². The van der Waals surface area contributed by atoms with E-state index in [0.29, 0.717) is 5.92 Å². The van der Waals surface area contributed by atoms with E-state index in [-0.39, 0.29) is 6.10 Å². The van der Waals surface area contributed by atoms with Crippen molar-refractivity contribution >= 4 is 0 Å². The largest absolute Gasteiger partial charge is 0.392 e. The number of hydrogen-bond donors (Lipinski definition) is 2. The second kappa shape index (κ2) is 14.3. The van der Waals surface area contributed by atoms with Crippen molar-refractivity contribution in [3.05, 3.63) is 0 Å². The van der Waals surface area contributed by atoms with Crippen LogP contribution in [-0.2, 0) is 0 Å². The lowest BCUT2D eigenvalue weighted by Crippen LogP contribution is -2.31. The molecule has 2 nitrogen and oxygen atoms in total. The first-order valence-corrected chi connectivity index (χ1v) is 8.57. The van der Waals surface area contributed by atoms with Gasteiger partial charge in [0, 0.05) is 6.54 Å². The Morgan fingerprint density at radius 2 is 1.26 bits per heavy atom. The van der Waals surface area contributed by atoms with Gasteiger partial charge in [0.05, 0.1) is 6.10 Å². The number of aliphatic hydroxyl groups excluding tert-OH is 1. The zero-order chi connectivity index (χ0) is 14.3. The van der Waals surface area contributed by atoms with E-state index in [1.165, 1.54) is 64.2 Å². The molecule has 116 valence electrons. The topological polar surface area (TPSA) is 32.3 Å². The van der Waals surface area contributed by atoms with E-state index in [0.717, 1.165) is 13.1 Å². The molecule has 0 aliphatic rings. The molecule has 0 fully saturated rings. The fourth-order valence-electron chi connectivity index (χ4n) is 2.22. The average Bonchev–Trinajstić information content (AvgIpc) is 2.39. The van der Waals surface area contributed by atoms with Crippen molar-refractivity contribution in [3.63, 3.8) is 0 Å². The van der Waals surface area contributed by atoms with Crippen molar-refractivity contribution in [1.29, 1.82) is 0 Å². The average molecular weight is 271 g/mol. The van der Waals surface area contributed by atoms with Gasteiger partial charge < -0.3 is 10.4 Å². The van der Waals surface area contributed by atoms with Gasteiger partial charge in [-0.05, 0) is 18.9 Å². The third-order valence-electron chi connectivity index (χ3n) is 3.83. The van der Waals surface area contributed by atoms with Crippen LogP contribution in [0.15, 0.2) is 0 Å². The Hall–Kier alpha value is -0.0800. The molecule has 1 unspecified atom stereocenters. The van der Waals surface area contributed by atoms with E-state index in [2.05, 4.69) is 26.1 Å². The Labute approximate surface area is 121 Å². The minimum absolute atomic E-state index is 0.192. The fourth-order valence-corrected chi connectivity index (χ4v) is 2.22. The number of unbranched alkanes of at least 4 members (excludes halogenated alkanes) is 9. The summed E-state index contributed by atoms with van der Waals surface area (Å²) in [6.45, 7) is 8.20. The maximum absolute atomic E-state index is 9.63. The summed E-state index contributed by atoms with van der Waals surface area (Å²) in [7, 11) is 0. The molecule has 1 atom stereocenters. The van der Waals surface area contributed by atoms with E-state index in [1.807, 2.05) is 0 Å². The van der Waals surface area contributed by atoms with Gasteiger partial charge in [-0.2, -0.15) is 0 Å². The first-order valence-electron chi connectivity index (χ1n) is 8.57. The van der Waals surface area contributed by atoms with Crippen molar-refractivity contribution in [2.75, 3.05) is 13.1 Å². The number of aliphatic hydroxyl groups is 1. The Bertz CT molecular complexity index is 171. The monoisotopic (exact) mass is 271 g/mol. The molecule has 0 bridgehead atoms. The van der Waals surface area contributed by atoms with E-state index in [4.69, 9.17) is 0 Å². The minimum atomic E-state index is -0.192. The molecule has 0 radical (unpaired) electrons. The molecule has 0 spiro atoms. The summed E-state index contributed by atoms with van der Waals surface area (Å²) in [5.41, 5.74) is 0. The Kier molecular flexibility index (Phi) is 14.3. The highest BCUT2D eigenvalue weighted by Gasteiger charge is 2.07. The Morgan fingerprint density at radius 1 is 0.789 bits per heavy atom. The van der Waals surface area contributed by atoms with Crippen molar-refractivity contribution < 1.29 is 5.11 Å². The number of hydrogen-bond acceptors (Lipinski definition) is 2. The van der Waals surface area contributed by atoms with Gasteiger partial charge in [-0.1, -0.05) is 78.6 Å². The van der Waals surface area contributed by atoms with Gasteiger partial charge in [-0.25, -0.2) is 0 Å². The summed E-state index contributed by atoms with van der Waals surface area (Å²) in [4.78, 5) is 0. The zero-order valence-electron chi connectivity index (χ0n) is 13.6. The molecule has 0 aromatic rings. The highest BCUT2D eigenvalue weighted by Crippen LogP contribution is 2.10. The molecular formula is C17H37NO. The SMILES string of the molecule is CCCCCCCCCCCCNCC(O)C(C)C. The standard InChI is InChI=1S/C17H37NO/c1-4-5-6-7-8-9-10-11-12-13-14-18-15-17(19)16(2)3/h16-19H,4-15H2,1-3H3. The molecule has 0 aliphatic carbocycles. The van der Waals surface area contributed by atoms with Crippen LogP contribution in [0.2, 0.25) is 0 Å². The quantitative estimate of drug-likeness (QED) is 0.455. The second-order valence-corrected chi connectivity index (χ2v) is 6.20. The third kappa shape index (κ3) is 14.1. The molecule has 2 heteroatoms. The van der Waals surface area contributed by atoms with Crippen molar-refractivity contribution in [3.8, 4) is 0 Å². The van der Waals surface area contributed by atoms with E-state index in [9.17, 15) is 5.11 Å². The van der Waals surface area contributed by atoms with Gasteiger partial charge in [-0.3, -0.25) is 0 Å². The van der Waals surface area contributed by atoms with Crippen LogP contribution in [0.25, 0.3) is 0 Å². The van der Waals surface area contributed by atoms with Crippen LogP contribution in [0, 0.1) is 5.92 Å². The van der Waals surface area contributed by atoms with Gasteiger partial charge in [0.15, 0.2) is 0 Å². The predicted octanol–water partition coefficient (Wildman–Crippen LogP) is 4.51. The molecule has 0 aromatic carbocycles. The smallest absolute Gasteiger partial charge is 0.0687 e. The zero-order valence-corrected chi connectivity index (χ0v) is 13.6. The molecule has 19 heavy (non-hydrogen) atoms. The first-order chi connectivity index (χ1) is 9.18. The van der Waals surface area contributed by atoms with E-state index in [1.54, 1.807) is 0 Å². The summed E-state index contributed by atoms with van der Waals surface area (Å²) >= 11 is 0. The first kappa shape index (κ1) is 18.9.